The van der Waals surface area contributed by atoms with Gasteiger partial charge in [0.05, 0.1) is 28.7 Å². The van der Waals surface area contributed by atoms with E-state index in [1.54, 1.807) is 30.6 Å². The van der Waals surface area contributed by atoms with Crippen LogP contribution in [0.25, 0.3) is 33.5 Å². The number of hydrogen-bond acceptors (Lipinski definition) is 6. The van der Waals surface area contributed by atoms with E-state index in [0.717, 1.165) is 16.6 Å². The van der Waals surface area contributed by atoms with Crippen LogP contribution < -0.4 is 10.5 Å². The Hall–Kier alpha value is -4.64. The molecule has 0 radical (unpaired) electrons. The number of H-pyrrole nitrogens is 2. The molecule has 0 saturated heterocycles. The Balaban J connectivity index is 1.43. The quantitative estimate of drug-likeness (QED) is 0.452. The van der Waals surface area contributed by atoms with Gasteiger partial charge in [-0.1, -0.05) is 24.3 Å². The van der Waals surface area contributed by atoms with Crippen LogP contribution in [0, 0.1) is 11.3 Å². The lowest BCUT2D eigenvalue weighted by Crippen LogP contribution is -1.99. The summed E-state index contributed by atoms with van der Waals surface area (Å²) in [5.41, 5.74) is 3.56. The first-order chi connectivity index (χ1) is 15.2. The molecule has 3 aromatic heterocycles. The summed E-state index contributed by atoms with van der Waals surface area (Å²) in [7, 11) is 0. The summed E-state index contributed by atoms with van der Waals surface area (Å²) in [4.78, 5) is 19.1. The second-order valence-corrected chi connectivity index (χ2v) is 6.81. The Morgan fingerprint density at radius 2 is 2.03 bits per heavy atom. The number of rotatable bonds is 5. The van der Waals surface area contributed by atoms with E-state index in [1.165, 1.54) is 0 Å². The number of aromatic amines is 2. The number of benzene rings is 2. The van der Waals surface area contributed by atoms with Crippen molar-refractivity contribution < 1.29 is 9.15 Å². The molecule has 8 nitrogen and oxygen atoms in total. The predicted octanol–water partition coefficient (Wildman–Crippen LogP) is 4.02. The number of nitriles is 1. The van der Waals surface area contributed by atoms with Gasteiger partial charge in [-0.25, -0.2) is 9.78 Å². The first kappa shape index (κ1) is 18.4. The van der Waals surface area contributed by atoms with E-state index >= 15 is 0 Å². The molecule has 0 spiro atoms. The lowest BCUT2D eigenvalue weighted by atomic mass is 10.0. The van der Waals surface area contributed by atoms with Crippen LogP contribution in [0.5, 0.6) is 5.75 Å². The van der Waals surface area contributed by atoms with Gasteiger partial charge in [-0.15, -0.1) is 0 Å². The molecular formula is C23H15N5O3. The molecule has 0 aliphatic carbocycles. The van der Waals surface area contributed by atoms with Crippen molar-refractivity contribution in [1.82, 2.24) is 20.2 Å². The van der Waals surface area contributed by atoms with E-state index in [9.17, 15) is 10.1 Å². The molecule has 31 heavy (non-hydrogen) atoms. The van der Waals surface area contributed by atoms with Crippen LogP contribution in [-0.2, 0) is 6.61 Å². The monoisotopic (exact) mass is 409 g/mol. The number of aromatic nitrogens is 4. The minimum atomic E-state index is -0.613. The third-order valence-corrected chi connectivity index (χ3v) is 4.83. The lowest BCUT2D eigenvalue weighted by molar-refractivity contribution is 0.302. The zero-order chi connectivity index (χ0) is 21.2. The van der Waals surface area contributed by atoms with E-state index < -0.39 is 5.76 Å². The van der Waals surface area contributed by atoms with E-state index in [1.807, 2.05) is 36.4 Å². The van der Waals surface area contributed by atoms with Crippen molar-refractivity contribution >= 4 is 10.9 Å². The van der Waals surface area contributed by atoms with Crippen molar-refractivity contribution in [3.8, 4) is 34.4 Å². The van der Waals surface area contributed by atoms with Crippen LogP contribution in [0.1, 0.15) is 11.3 Å². The fraction of sp³-hybridized carbons (Fsp3) is 0.0435. The molecule has 2 N–H and O–H groups in total. The molecule has 0 bridgehead atoms. The highest BCUT2D eigenvalue weighted by molar-refractivity contribution is 5.80. The Morgan fingerprint density at radius 3 is 2.87 bits per heavy atom. The van der Waals surface area contributed by atoms with Crippen molar-refractivity contribution in [1.29, 1.82) is 5.26 Å². The zero-order valence-electron chi connectivity index (χ0n) is 16.1. The fourth-order valence-electron chi connectivity index (χ4n) is 3.36. The maximum absolute atomic E-state index is 11.8. The van der Waals surface area contributed by atoms with E-state index in [4.69, 9.17) is 9.15 Å². The number of nitrogens with zero attached hydrogens (tertiary/aromatic N) is 3. The SMILES string of the molecule is N#Cc1cc(OCc2ccc3ccccc3n2)ccc1-c1oc(=O)[nH]c1-c1cn[nH]c1. The maximum atomic E-state index is 11.8. The second kappa shape index (κ2) is 7.65. The van der Waals surface area contributed by atoms with Crippen molar-refractivity contribution in [3.63, 3.8) is 0 Å². The number of fused-ring (bicyclic) bond motifs is 1. The molecule has 5 aromatic rings. The lowest BCUT2D eigenvalue weighted by Gasteiger charge is -2.09. The Labute approximate surface area is 175 Å². The van der Waals surface area contributed by atoms with Gasteiger partial charge in [-0.2, -0.15) is 10.4 Å². The molecule has 0 aliphatic rings. The smallest absolute Gasteiger partial charge is 0.417 e. The minimum absolute atomic E-state index is 0.258. The van der Waals surface area contributed by atoms with Gasteiger partial charge in [0.2, 0.25) is 0 Å². The number of ether oxygens (including phenoxy) is 1. The molecule has 0 unspecified atom stereocenters. The Morgan fingerprint density at radius 1 is 1.13 bits per heavy atom. The van der Waals surface area contributed by atoms with Crippen LogP contribution in [0.15, 0.2) is 76.2 Å². The molecule has 3 heterocycles. The Bertz CT molecular complexity index is 1480. The minimum Gasteiger partial charge on any atom is -0.487 e. The summed E-state index contributed by atoms with van der Waals surface area (Å²) >= 11 is 0. The highest BCUT2D eigenvalue weighted by Gasteiger charge is 2.18. The average molecular weight is 409 g/mol. The molecular weight excluding hydrogens is 394 g/mol. The topological polar surface area (TPSA) is 121 Å². The standard InChI is InChI=1S/C23H15N5O3/c24-10-15-9-18(30-13-17-6-5-14-3-1-2-4-20(14)27-17)7-8-19(15)22-21(28-23(29)31-22)16-11-25-26-12-16/h1-9,11-12H,13H2,(H,25,26)(H,28,29). The molecule has 2 aromatic carbocycles. The van der Waals surface area contributed by atoms with Crippen molar-refractivity contribution in [2.45, 2.75) is 6.61 Å². The van der Waals surface area contributed by atoms with E-state index in [-0.39, 0.29) is 12.4 Å². The normalized spacial score (nSPS) is 10.8. The largest absolute Gasteiger partial charge is 0.487 e. The van der Waals surface area contributed by atoms with Crippen molar-refractivity contribution in [3.05, 3.63) is 88.8 Å². The van der Waals surface area contributed by atoms with Gasteiger partial charge in [0, 0.05) is 22.7 Å². The van der Waals surface area contributed by atoms with Gasteiger partial charge in [-0.05, 0) is 30.3 Å². The maximum Gasteiger partial charge on any atom is 0.417 e. The Kier molecular flexibility index (Phi) is 4.54. The van der Waals surface area contributed by atoms with Gasteiger partial charge in [0.15, 0.2) is 5.76 Å². The summed E-state index contributed by atoms with van der Waals surface area (Å²) in [6, 6.07) is 18.9. The van der Waals surface area contributed by atoms with E-state index in [2.05, 4.69) is 26.2 Å². The number of para-hydroxylation sites is 1. The number of hydrogen-bond donors (Lipinski definition) is 2. The summed E-state index contributed by atoms with van der Waals surface area (Å²) in [6.45, 7) is 0.258. The van der Waals surface area contributed by atoms with Crippen molar-refractivity contribution in [2.75, 3.05) is 0 Å². The molecule has 8 heteroatoms. The zero-order valence-corrected chi connectivity index (χ0v) is 16.1. The summed E-state index contributed by atoms with van der Waals surface area (Å²) in [6.07, 6.45) is 3.19. The highest BCUT2D eigenvalue weighted by atomic mass is 16.5. The second-order valence-electron chi connectivity index (χ2n) is 6.81. The summed E-state index contributed by atoms with van der Waals surface area (Å²) in [5.74, 6) is 0.168. The van der Waals surface area contributed by atoms with Crippen LogP contribution in [-0.4, -0.2) is 20.2 Å². The number of nitrogens with one attached hydrogen (secondary N) is 2. The molecule has 0 aliphatic heterocycles. The van der Waals surface area contributed by atoms with Crippen molar-refractivity contribution in [2.24, 2.45) is 0 Å². The van der Waals surface area contributed by atoms with Gasteiger partial charge in [0.1, 0.15) is 18.4 Å². The van der Waals surface area contributed by atoms with Crippen LogP contribution in [0.4, 0.5) is 0 Å². The van der Waals surface area contributed by atoms with Crippen LogP contribution in [0.3, 0.4) is 0 Å². The third kappa shape index (κ3) is 3.56. The molecule has 5 rings (SSSR count). The molecule has 0 amide bonds. The molecule has 150 valence electrons. The van der Waals surface area contributed by atoms with Crippen LogP contribution in [0.2, 0.25) is 0 Å². The van der Waals surface area contributed by atoms with Gasteiger partial charge in [0.25, 0.3) is 0 Å². The molecule has 0 atom stereocenters. The summed E-state index contributed by atoms with van der Waals surface area (Å²) < 4.78 is 11.2. The predicted molar refractivity (Wildman–Crippen MR) is 113 cm³/mol. The highest BCUT2D eigenvalue weighted by Crippen LogP contribution is 2.33. The van der Waals surface area contributed by atoms with Crippen LogP contribution >= 0.6 is 0 Å². The average Bonchev–Trinajstić information content (AvgIpc) is 3.47. The van der Waals surface area contributed by atoms with Gasteiger partial charge >= 0.3 is 5.76 Å². The first-order valence-corrected chi connectivity index (χ1v) is 9.45. The molecule has 0 saturated carbocycles. The number of pyridine rings is 1. The number of oxazole rings is 1. The fourth-order valence-corrected chi connectivity index (χ4v) is 3.36. The first-order valence-electron chi connectivity index (χ1n) is 9.45. The third-order valence-electron chi connectivity index (χ3n) is 4.83. The molecule has 0 fully saturated rings. The summed E-state index contributed by atoms with van der Waals surface area (Å²) in [5, 5.41) is 17.3. The van der Waals surface area contributed by atoms with Gasteiger partial charge in [-0.3, -0.25) is 10.1 Å². The van der Waals surface area contributed by atoms with E-state index in [0.29, 0.717) is 28.1 Å². The van der Waals surface area contributed by atoms with Gasteiger partial charge < -0.3 is 9.15 Å².